The van der Waals surface area contributed by atoms with Crippen LogP contribution >= 0.6 is 0 Å². The number of rotatable bonds is 0. The fraction of sp³-hybridized carbons (Fsp3) is 0. The van der Waals surface area contributed by atoms with Gasteiger partial charge in [0.05, 0.1) is 11.6 Å². The van der Waals surface area contributed by atoms with Crippen LogP contribution in [-0.4, -0.2) is 10.1 Å². The Morgan fingerprint density at radius 2 is 2.36 bits per heavy atom. The molecule has 0 spiro atoms. The average Bonchev–Trinajstić information content (AvgIpc) is 2.33. The van der Waals surface area contributed by atoms with Gasteiger partial charge in [0.15, 0.2) is 0 Å². The van der Waals surface area contributed by atoms with E-state index in [0.29, 0.717) is 10.9 Å². The smallest absolute Gasteiger partial charge is 0.291 e. The van der Waals surface area contributed by atoms with Crippen LogP contribution in [0.5, 0.6) is 5.95 Å². The van der Waals surface area contributed by atoms with Crippen LogP contribution in [0.25, 0.3) is 10.9 Å². The molecule has 0 aliphatic carbocycles. The van der Waals surface area contributed by atoms with E-state index >= 15 is 0 Å². The molecule has 0 aliphatic rings. The van der Waals surface area contributed by atoms with E-state index in [1.54, 1.807) is 0 Å². The van der Waals surface area contributed by atoms with Crippen LogP contribution in [0.3, 0.4) is 0 Å². The van der Waals surface area contributed by atoms with E-state index in [2.05, 4.69) is 9.40 Å². The Balaban J connectivity index is 2.87. The maximum atomic E-state index is 12.5. The van der Waals surface area contributed by atoms with Crippen LogP contribution in [0.4, 0.5) is 4.39 Å². The lowest BCUT2D eigenvalue weighted by atomic mass is 10.3. The number of aromatic hydroxyl groups is 1. The second kappa shape index (κ2) is 1.95. The Kier molecular flexibility index (Phi) is 1.09. The number of pyridine rings is 1. The zero-order valence-corrected chi connectivity index (χ0v) is 5.41. The number of nitrogens with zero attached hydrogens (tertiary/aromatic N) is 1. The molecule has 0 fully saturated rings. The summed E-state index contributed by atoms with van der Waals surface area (Å²) in [5.41, 5.74) is 0.448. The zero-order chi connectivity index (χ0) is 7.84. The van der Waals surface area contributed by atoms with E-state index in [9.17, 15) is 4.39 Å². The molecule has 2 heterocycles. The van der Waals surface area contributed by atoms with Crippen molar-refractivity contribution in [2.45, 2.75) is 0 Å². The number of fused-ring (bicyclic) bond motifs is 1. The summed E-state index contributed by atoms with van der Waals surface area (Å²) < 4.78 is 17.1. The molecule has 2 aromatic heterocycles. The highest BCUT2D eigenvalue weighted by molar-refractivity contribution is 5.82. The summed E-state index contributed by atoms with van der Waals surface area (Å²) >= 11 is 0. The second-order valence-electron chi connectivity index (χ2n) is 2.13. The third-order valence-electron chi connectivity index (χ3n) is 1.40. The van der Waals surface area contributed by atoms with E-state index in [-0.39, 0.29) is 5.95 Å². The Bertz CT molecular complexity index is 396. The Labute approximate surface area is 61.1 Å². The van der Waals surface area contributed by atoms with Gasteiger partial charge in [-0.15, -0.1) is 0 Å². The lowest BCUT2D eigenvalue weighted by Crippen LogP contribution is -1.76. The zero-order valence-electron chi connectivity index (χ0n) is 5.41. The van der Waals surface area contributed by atoms with Gasteiger partial charge < -0.3 is 9.52 Å². The summed E-state index contributed by atoms with van der Waals surface area (Å²) in [5, 5.41) is 9.26. The molecule has 0 radical (unpaired) electrons. The normalized spacial score (nSPS) is 10.6. The average molecular weight is 153 g/mol. The standard InChI is InChI=1S/C7H4FNO2/c8-4-1-5-6(9-2-4)3-11-7(5)10/h1-3,10H. The van der Waals surface area contributed by atoms with Gasteiger partial charge in [0.2, 0.25) is 0 Å². The van der Waals surface area contributed by atoms with Gasteiger partial charge in [0.25, 0.3) is 5.95 Å². The number of aromatic nitrogens is 1. The third-order valence-corrected chi connectivity index (χ3v) is 1.40. The molecule has 0 aliphatic heterocycles. The van der Waals surface area contributed by atoms with Crippen molar-refractivity contribution in [2.75, 3.05) is 0 Å². The Morgan fingerprint density at radius 3 is 3.18 bits per heavy atom. The molecule has 0 saturated heterocycles. The minimum absolute atomic E-state index is 0.296. The molecule has 0 atom stereocenters. The van der Waals surface area contributed by atoms with E-state index in [1.165, 1.54) is 12.3 Å². The molecular formula is C7H4FNO2. The van der Waals surface area contributed by atoms with Crippen LogP contribution in [0.2, 0.25) is 0 Å². The predicted octanol–water partition coefficient (Wildman–Crippen LogP) is 1.67. The predicted molar refractivity (Wildman–Crippen MR) is 35.6 cm³/mol. The molecule has 0 unspecified atom stereocenters. The van der Waals surface area contributed by atoms with Gasteiger partial charge in [-0.3, -0.25) is 0 Å². The van der Waals surface area contributed by atoms with E-state index < -0.39 is 5.82 Å². The molecule has 0 saturated carbocycles. The van der Waals surface area contributed by atoms with E-state index in [0.717, 1.165) is 6.20 Å². The van der Waals surface area contributed by atoms with Gasteiger partial charge in [0, 0.05) is 0 Å². The molecule has 3 nitrogen and oxygen atoms in total. The Hall–Kier alpha value is -1.58. The molecule has 1 N–H and O–H groups in total. The summed E-state index contributed by atoms with van der Waals surface area (Å²) in [6, 6.07) is 1.17. The second-order valence-corrected chi connectivity index (χ2v) is 2.13. The van der Waals surface area contributed by atoms with Crippen LogP contribution in [0, 0.1) is 5.82 Å². The summed E-state index contributed by atoms with van der Waals surface area (Å²) in [4.78, 5) is 3.67. The number of hydrogen-bond donors (Lipinski definition) is 1. The fourth-order valence-corrected chi connectivity index (χ4v) is 0.890. The minimum atomic E-state index is -0.491. The lowest BCUT2D eigenvalue weighted by molar-refractivity contribution is 0.338. The van der Waals surface area contributed by atoms with Crippen molar-refractivity contribution in [3.63, 3.8) is 0 Å². The summed E-state index contributed by atoms with van der Waals surface area (Å²) in [7, 11) is 0. The highest BCUT2D eigenvalue weighted by atomic mass is 19.1. The van der Waals surface area contributed by atoms with Gasteiger partial charge >= 0.3 is 0 Å². The monoisotopic (exact) mass is 153 g/mol. The first-order chi connectivity index (χ1) is 5.27. The van der Waals surface area contributed by atoms with Crippen molar-refractivity contribution in [3.8, 4) is 5.95 Å². The topological polar surface area (TPSA) is 46.3 Å². The van der Waals surface area contributed by atoms with Crippen molar-refractivity contribution in [1.82, 2.24) is 4.98 Å². The van der Waals surface area contributed by atoms with E-state index in [4.69, 9.17) is 5.11 Å². The van der Waals surface area contributed by atoms with Crippen molar-refractivity contribution < 1.29 is 13.9 Å². The Morgan fingerprint density at radius 1 is 1.55 bits per heavy atom. The molecule has 2 rings (SSSR count). The largest absolute Gasteiger partial charge is 0.480 e. The molecule has 0 amide bonds. The molecular weight excluding hydrogens is 149 g/mol. The van der Waals surface area contributed by atoms with Crippen molar-refractivity contribution >= 4 is 10.9 Å². The van der Waals surface area contributed by atoms with Crippen LogP contribution in [0.15, 0.2) is 22.9 Å². The first-order valence-electron chi connectivity index (χ1n) is 2.99. The molecule has 4 heteroatoms. The molecule has 2 aromatic rings. The van der Waals surface area contributed by atoms with Gasteiger partial charge in [-0.2, -0.15) is 0 Å². The highest BCUT2D eigenvalue weighted by Crippen LogP contribution is 2.24. The summed E-state index contributed by atoms with van der Waals surface area (Å²) in [6.45, 7) is 0. The maximum Gasteiger partial charge on any atom is 0.291 e. The van der Waals surface area contributed by atoms with Crippen LogP contribution in [-0.2, 0) is 0 Å². The van der Waals surface area contributed by atoms with Gasteiger partial charge in [-0.25, -0.2) is 9.37 Å². The molecule has 0 aromatic carbocycles. The van der Waals surface area contributed by atoms with Gasteiger partial charge in [-0.05, 0) is 6.07 Å². The fourth-order valence-electron chi connectivity index (χ4n) is 0.890. The number of halogens is 1. The van der Waals surface area contributed by atoms with Gasteiger partial charge in [0.1, 0.15) is 17.6 Å². The molecule has 56 valence electrons. The lowest BCUT2D eigenvalue weighted by Gasteiger charge is -1.86. The van der Waals surface area contributed by atoms with Crippen LogP contribution in [0.1, 0.15) is 0 Å². The third kappa shape index (κ3) is 0.832. The molecule has 0 bridgehead atoms. The first-order valence-corrected chi connectivity index (χ1v) is 2.99. The van der Waals surface area contributed by atoms with Crippen molar-refractivity contribution in [2.24, 2.45) is 0 Å². The van der Waals surface area contributed by atoms with Crippen molar-refractivity contribution in [3.05, 3.63) is 24.3 Å². The highest BCUT2D eigenvalue weighted by Gasteiger charge is 2.05. The number of hydrogen-bond acceptors (Lipinski definition) is 3. The van der Waals surface area contributed by atoms with Crippen molar-refractivity contribution in [1.29, 1.82) is 0 Å². The number of furan rings is 1. The van der Waals surface area contributed by atoms with Crippen LogP contribution < -0.4 is 0 Å². The summed E-state index contributed by atoms with van der Waals surface area (Å²) in [5.74, 6) is -0.791. The van der Waals surface area contributed by atoms with E-state index in [1.807, 2.05) is 0 Å². The molecule has 11 heavy (non-hydrogen) atoms. The first kappa shape index (κ1) is 6.15. The van der Waals surface area contributed by atoms with Gasteiger partial charge in [-0.1, -0.05) is 0 Å². The quantitative estimate of drug-likeness (QED) is 0.626. The maximum absolute atomic E-state index is 12.5. The summed E-state index contributed by atoms with van der Waals surface area (Å²) in [6.07, 6.45) is 2.33. The minimum Gasteiger partial charge on any atom is -0.480 e. The SMILES string of the molecule is Oc1occ2ncc(F)cc12.